The lowest BCUT2D eigenvalue weighted by Gasteiger charge is -2.32. The molecule has 0 radical (unpaired) electrons. The first-order chi connectivity index (χ1) is 9.09. The number of halogens is 1. The topological polar surface area (TPSA) is 38.3 Å². The SMILES string of the molecule is CCCC(CCC)(Nc1ccccc1F)C(=O)OC. The summed E-state index contributed by atoms with van der Waals surface area (Å²) < 4.78 is 18.7. The van der Waals surface area contributed by atoms with E-state index in [1.807, 2.05) is 13.8 Å². The Balaban J connectivity index is 3.08. The first-order valence-electron chi connectivity index (χ1n) is 6.70. The van der Waals surface area contributed by atoms with Crippen molar-refractivity contribution in [1.29, 1.82) is 0 Å². The second-order valence-electron chi connectivity index (χ2n) is 4.68. The number of anilines is 1. The first-order valence-corrected chi connectivity index (χ1v) is 6.70. The summed E-state index contributed by atoms with van der Waals surface area (Å²) >= 11 is 0. The molecule has 0 aliphatic rings. The highest BCUT2D eigenvalue weighted by Gasteiger charge is 2.38. The maximum Gasteiger partial charge on any atom is 0.331 e. The van der Waals surface area contributed by atoms with Crippen molar-refractivity contribution in [3.8, 4) is 0 Å². The third kappa shape index (κ3) is 3.69. The quantitative estimate of drug-likeness (QED) is 0.765. The maximum atomic E-state index is 13.8. The third-order valence-electron chi connectivity index (χ3n) is 3.18. The number of benzene rings is 1. The average molecular weight is 267 g/mol. The van der Waals surface area contributed by atoms with Gasteiger partial charge in [-0.2, -0.15) is 0 Å². The highest BCUT2D eigenvalue weighted by molar-refractivity contribution is 5.84. The summed E-state index contributed by atoms with van der Waals surface area (Å²) in [6.45, 7) is 3.99. The molecule has 0 saturated heterocycles. The fourth-order valence-electron chi connectivity index (χ4n) is 2.37. The van der Waals surface area contributed by atoms with Gasteiger partial charge in [0.15, 0.2) is 0 Å². The monoisotopic (exact) mass is 267 g/mol. The molecule has 0 unspecified atom stereocenters. The van der Waals surface area contributed by atoms with Crippen molar-refractivity contribution in [3.05, 3.63) is 30.1 Å². The molecule has 0 bridgehead atoms. The number of ether oxygens (including phenoxy) is 1. The van der Waals surface area contributed by atoms with Crippen molar-refractivity contribution in [2.24, 2.45) is 0 Å². The minimum Gasteiger partial charge on any atom is -0.467 e. The van der Waals surface area contributed by atoms with Gasteiger partial charge < -0.3 is 10.1 Å². The van der Waals surface area contributed by atoms with Gasteiger partial charge in [-0.25, -0.2) is 9.18 Å². The molecule has 1 N–H and O–H groups in total. The van der Waals surface area contributed by atoms with Gasteiger partial charge in [-0.1, -0.05) is 38.8 Å². The second kappa shape index (κ2) is 7.12. The third-order valence-corrected chi connectivity index (χ3v) is 3.18. The number of rotatable bonds is 7. The molecule has 0 fully saturated rings. The van der Waals surface area contributed by atoms with E-state index in [2.05, 4.69) is 5.32 Å². The molecular weight excluding hydrogens is 245 g/mol. The Kier molecular flexibility index (Phi) is 5.80. The number of carbonyl (C=O) groups is 1. The van der Waals surface area contributed by atoms with E-state index in [0.717, 1.165) is 12.8 Å². The van der Waals surface area contributed by atoms with Gasteiger partial charge in [0.05, 0.1) is 12.8 Å². The lowest BCUT2D eigenvalue weighted by atomic mass is 9.88. The highest BCUT2D eigenvalue weighted by Crippen LogP contribution is 2.28. The van der Waals surface area contributed by atoms with Crippen LogP contribution in [0.1, 0.15) is 39.5 Å². The van der Waals surface area contributed by atoms with E-state index < -0.39 is 5.54 Å². The van der Waals surface area contributed by atoms with Crippen molar-refractivity contribution < 1.29 is 13.9 Å². The van der Waals surface area contributed by atoms with Gasteiger partial charge in [0.2, 0.25) is 0 Å². The molecule has 0 aliphatic heterocycles. The smallest absolute Gasteiger partial charge is 0.331 e. The largest absolute Gasteiger partial charge is 0.467 e. The van der Waals surface area contributed by atoms with Crippen molar-refractivity contribution in [2.75, 3.05) is 12.4 Å². The van der Waals surface area contributed by atoms with E-state index in [1.165, 1.54) is 13.2 Å². The van der Waals surface area contributed by atoms with Crippen LogP contribution in [-0.4, -0.2) is 18.6 Å². The Morgan fingerprint density at radius 1 is 1.26 bits per heavy atom. The average Bonchev–Trinajstić information content (AvgIpc) is 2.41. The van der Waals surface area contributed by atoms with Crippen molar-refractivity contribution in [2.45, 2.75) is 45.1 Å². The van der Waals surface area contributed by atoms with Crippen molar-refractivity contribution in [1.82, 2.24) is 0 Å². The number of hydrogen-bond donors (Lipinski definition) is 1. The first kappa shape index (κ1) is 15.5. The van der Waals surface area contributed by atoms with E-state index in [-0.39, 0.29) is 11.8 Å². The van der Waals surface area contributed by atoms with Crippen LogP contribution in [0.2, 0.25) is 0 Å². The van der Waals surface area contributed by atoms with E-state index in [1.54, 1.807) is 18.2 Å². The minimum atomic E-state index is -0.847. The van der Waals surface area contributed by atoms with E-state index in [0.29, 0.717) is 18.5 Å². The van der Waals surface area contributed by atoms with E-state index in [9.17, 15) is 9.18 Å². The lowest BCUT2D eigenvalue weighted by Crippen LogP contribution is -2.47. The summed E-state index contributed by atoms with van der Waals surface area (Å²) in [5.74, 6) is -0.692. The molecule has 0 amide bonds. The van der Waals surface area contributed by atoms with Gasteiger partial charge in [-0.05, 0) is 25.0 Å². The molecular formula is C15H22FNO2. The second-order valence-corrected chi connectivity index (χ2v) is 4.68. The number of methoxy groups -OCH3 is 1. The molecule has 0 spiro atoms. The molecule has 4 heteroatoms. The van der Waals surface area contributed by atoms with Gasteiger partial charge >= 0.3 is 5.97 Å². The molecule has 1 aromatic rings. The normalized spacial score (nSPS) is 11.2. The predicted octanol–water partition coefficient (Wildman–Crippen LogP) is 3.75. The van der Waals surface area contributed by atoms with Crippen molar-refractivity contribution >= 4 is 11.7 Å². The standard InChI is InChI=1S/C15H22FNO2/c1-4-10-15(11-5-2,14(18)19-3)17-13-9-7-6-8-12(13)16/h6-9,17H,4-5,10-11H2,1-3H3. The fraction of sp³-hybridized carbons (Fsp3) is 0.533. The maximum absolute atomic E-state index is 13.8. The van der Waals surface area contributed by atoms with Crippen LogP contribution in [0, 0.1) is 5.82 Å². The molecule has 0 aliphatic carbocycles. The van der Waals surface area contributed by atoms with Crippen LogP contribution in [0.15, 0.2) is 24.3 Å². The van der Waals surface area contributed by atoms with Gasteiger partial charge in [0, 0.05) is 0 Å². The molecule has 0 aromatic heterocycles. The lowest BCUT2D eigenvalue weighted by molar-refractivity contribution is -0.146. The molecule has 0 saturated carbocycles. The molecule has 1 aromatic carbocycles. The Hall–Kier alpha value is -1.58. The van der Waals surface area contributed by atoms with Gasteiger partial charge in [0.25, 0.3) is 0 Å². The summed E-state index contributed by atoms with van der Waals surface area (Å²) in [5.41, 5.74) is -0.504. The van der Waals surface area contributed by atoms with Crippen molar-refractivity contribution in [3.63, 3.8) is 0 Å². The summed E-state index contributed by atoms with van der Waals surface area (Å²) in [5, 5.41) is 3.06. The van der Waals surface area contributed by atoms with E-state index in [4.69, 9.17) is 4.74 Å². The zero-order valence-electron chi connectivity index (χ0n) is 11.8. The predicted molar refractivity (Wildman–Crippen MR) is 74.6 cm³/mol. The van der Waals surface area contributed by atoms with Gasteiger partial charge in [-0.3, -0.25) is 0 Å². The minimum absolute atomic E-state index is 0.334. The zero-order chi connectivity index (χ0) is 14.3. The number of para-hydroxylation sites is 1. The molecule has 106 valence electrons. The summed E-state index contributed by atoms with van der Waals surface area (Å²) in [7, 11) is 1.37. The van der Waals surface area contributed by atoms with Gasteiger partial charge in [0.1, 0.15) is 11.4 Å². The van der Waals surface area contributed by atoms with Crippen LogP contribution >= 0.6 is 0 Å². The van der Waals surface area contributed by atoms with Crippen LogP contribution in [0.5, 0.6) is 0 Å². The fourth-order valence-corrected chi connectivity index (χ4v) is 2.37. The van der Waals surface area contributed by atoms with Crippen LogP contribution < -0.4 is 5.32 Å². The summed E-state index contributed by atoms with van der Waals surface area (Å²) in [6, 6.07) is 6.38. The van der Waals surface area contributed by atoms with Crippen LogP contribution in [-0.2, 0) is 9.53 Å². The van der Waals surface area contributed by atoms with Crippen LogP contribution in [0.4, 0.5) is 10.1 Å². The number of carbonyl (C=O) groups excluding carboxylic acids is 1. The van der Waals surface area contributed by atoms with Crippen LogP contribution in [0.25, 0.3) is 0 Å². The Bertz CT molecular complexity index is 414. The Morgan fingerprint density at radius 2 is 1.84 bits per heavy atom. The van der Waals surface area contributed by atoms with E-state index >= 15 is 0 Å². The molecule has 19 heavy (non-hydrogen) atoms. The number of hydrogen-bond acceptors (Lipinski definition) is 3. The molecule has 1 rings (SSSR count). The molecule has 0 heterocycles. The summed E-state index contributed by atoms with van der Waals surface area (Å²) in [6.07, 6.45) is 2.86. The van der Waals surface area contributed by atoms with Gasteiger partial charge in [-0.15, -0.1) is 0 Å². The number of nitrogens with one attached hydrogen (secondary N) is 1. The molecule has 0 atom stereocenters. The Labute approximate surface area is 114 Å². The zero-order valence-corrected chi connectivity index (χ0v) is 11.8. The summed E-state index contributed by atoms with van der Waals surface area (Å²) in [4.78, 5) is 12.1. The van der Waals surface area contributed by atoms with Crippen LogP contribution in [0.3, 0.4) is 0 Å². The number of esters is 1. The Morgan fingerprint density at radius 3 is 2.32 bits per heavy atom. The molecule has 3 nitrogen and oxygen atoms in total. The highest BCUT2D eigenvalue weighted by atomic mass is 19.1.